The molecule has 86 valence electrons. The molecule has 1 aromatic heterocycles. The summed E-state index contributed by atoms with van der Waals surface area (Å²) in [7, 11) is 0. The summed E-state index contributed by atoms with van der Waals surface area (Å²) in [5.74, 6) is 0.326. The predicted molar refractivity (Wildman–Crippen MR) is 63.2 cm³/mol. The van der Waals surface area contributed by atoms with Gasteiger partial charge in [-0.1, -0.05) is 6.42 Å². The molecular formula is C13H18N2O. The molecule has 2 N–H and O–H groups in total. The molecule has 1 saturated carbocycles. The van der Waals surface area contributed by atoms with Gasteiger partial charge in [-0.15, -0.1) is 0 Å². The number of nitrogens with two attached hydrogens (primary N) is 1. The molecule has 1 aliphatic rings. The number of carbonyl (C=O) groups excluding carboxylic acids is 1. The van der Waals surface area contributed by atoms with Gasteiger partial charge in [-0.2, -0.15) is 0 Å². The molecule has 0 amide bonds. The van der Waals surface area contributed by atoms with E-state index in [9.17, 15) is 4.79 Å². The average molecular weight is 218 g/mol. The second-order valence-corrected chi connectivity index (χ2v) is 4.68. The minimum absolute atomic E-state index is 0.103. The number of aromatic nitrogens is 1. The highest BCUT2D eigenvalue weighted by molar-refractivity contribution is 5.98. The summed E-state index contributed by atoms with van der Waals surface area (Å²) in [6.45, 7) is 1.96. The van der Waals surface area contributed by atoms with Crippen molar-refractivity contribution in [3.63, 3.8) is 0 Å². The Hall–Kier alpha value is -1.22. The Morgan fingerprint density at radius 1 is 1.50 bits per heavy atom. The summed E-state index contributed by atoms with van der Waals surface area (Å²) in [4.78, 5) is 16.3. The summed E-state index contributed by atoms with van der Waals surface area (Å²) in [5, 5.41) is 0. The van der Waals surface area contributed by atoms with E-state index in [2.05, 4.69) is 4.98 Å². The van der Waals surface area contributed by atoms with Crippen molar-refractivity contribution in [1.82, 2.24) is 4.98 Å². The molecule has 16 heavy (non-hydrogen) atoms. The quantitative estimate of drug-likeness (QED) is 0.773. The van der Waals surface area contributed by atoms with Gasteiger partial charge in [0.15, 0.2) is 5.78 Å². The fourth-order valence-electron chi connectivity index (χ4n) is 2.41. The third kappa shape index (κ3) is 2.30. The van der Waals surface area contributed by atoms with Gasteiger partial charge in [0.1, 0.15) is 0 Å². The summed E-state index contributed by atoms with van der Waals surface area (Å²) in [6.07, 6.45) is 7.32. The first-order chi connectivity index (χ1) is 7.68. The zero-order valence-corrected chi connectivity index (χ0v) is 9.65. The molecular weight excluding hydrogens is 200 g/mol. The van der Waals surface area contributed by atoms with Crippen molar-refractivity contribution in [1.29, 1.82) is 0 Å². The van der Waals surface area contributed by atoms with E-state index in [1.54, 1.807) is 12.4 Å². The molecule has 2 rings (SSSR count). The summed E-state index contributed by atoms with van der Waals surface area (Å²) < 4.78 is 0. The largest absolute Gasteiger partial charge is 0.328 e. The second-order valence-electron chi connectivity index (χ2n) is 4.68. The summed E-state index contributed by atoms with van der Waals surface area (Å²) >= 11 is 0. The van der Waals surface area contributed by atoms with Crippen LogP contribution in [0.15, 0.2) is 18.5 Å². The van der Waals surface area contributed by atoms with E-state index < -0.39 is 0 Å². The fraction of sp³-hybridized carbons (Fsp3) is 0.538. The predicted octanol–water partition coefficient (Wildman–Crippen LogP) is 2.09. The van der Waals surface area contributed by atoms with Gasteiger partial charge in [0.05, 0.1) is 0 Å². The van der Waals surface area contributed by atoms with Crippen LogP contribution in [0.25, 0.3) is 0 Å². The molecule has 0 aliphatic heterocycles. The van der Waals surface area contributed by atoms with Crippen molar-refractivity contribution >= 4 is 5.78 Å². The molecule has 2 atom stereocenters. The number of pyridine rings is 1. The van der Waals surface area contributed by atoms with Gasteiger partial charge < -0.3 is 5.73 Å². The molecule has 0 saturated heterocycles. The molecule has 1 aliphatic carbocycles. The first-order valence-electron chi connectivity index (χ1n) is 5.89. The van der Waals surface area contributed by atoms with Crippen LogP contribution in [0.5, 0.6) is 0 Å². The van der Waals surface area contributed by atoms with E-state index in [0.717, 1.165) is 36.8 Å². The SMILES string of the molecule is Cc1ccncc1C(=O)C1CCCC(N)C1. The Morgan fingerprint density at radius 2 is 2.31 bits per heavy atom. The van der Waals surface area contributed by atoms with Gasteiger partial charge in [-0.25, -0.2) is 0 Å². The lowest BCUT2D eigenvalue weighted by Crippen LogP contribution is -2.31. The number of Topliss-reactive ketones (excluding diaryl/α,β-unsaturated/α-hetero) is 1. The van der Waals surface area contributed by atoms with Crippen molar-refractivity contribution in [2.24, 2.45) is 11.7 Å². The number of aryl methyl sites for hydroxylation is 1. The highest BCUT2D eigenvalue weighted by Gasteiger charge is 2.26. The Labute approximate surface area is 96.1 Å². The van der Waals surface area contributed by atoms with Gasteiger partial charge in [0, 0.05) is 29.9 Å². The van der Waals surface area contributed by atoms with Crippen molar-refractivity contribution in [2.75, 3.05) is 0 Å². The van der Waals surface area contributed by atoms with Crippen LogP contribution in [0, 0.1) is 12.8 Å². The maximum Gasteiger partial charge on any atom is 0.167 e. The molecule has 0 spiro atoms. The van der Waals surface area contributed by atoms with E-state index in [1.807, 2.05) is 13.0 Å². The first-order valence-corrected chi connectivity index (χ1v) is 5.89. The number of nitrogens with zero attached hydrogens (tertiary/aromatic N) is 1. The Balaban J connectivity index is 2.16. The molecule has 0 bridgehead atoms. The number of hydrogen-bond donors (Lipinski definition) is 1. The van der Waals surface area contributed by atoms with E-state index in [4.69, 9.17) is 5.73 Å². The Bertz CT molecular complexity index is 389. The van der Waals surface area contributed by atoms with Gasteiger partial charge in [-0.3, -0.25) is 9.78 Å². The Morgan fingerprint density at radius 3 is 3.00 bits per heavy atom. The van der Waals surface area contributed by atoms with Crippen molar-refractivity contribution in [3.8, 4) is 0 Å². The lowest BCUT2D eigenvalue weighted by molar-refractivity contribution is 0.0880. The van der Waals surface area contributed by atoms with Gasteiger partial charge in [-0.05, 0) is 37.8 Å². The molecule has 1 heterocycles. The zero-order chi connectivity index (χ0) is 11.5. The second kappa shape index (κ2) is 4.74. The highest BCUT2D eigenvalue weighted by atomic mass is 16.1. The van der Waals surface area contributed by atoms with E-state index in [1.165, 1.54) is 0 Å². The van der Waals surface area contributed by atoms with Crippen molar-refractivity contribution < 1.29 is 4.79 Å². The summed E-state index contributed by atoms with van der Waals surface area (Å²) in [6, 6.07) is 2.08. The van der Waals surface area contributed by atoms with Crippen LogP contribution < -0.4 is 5.73 Å². The molecule has 3 nitrogen and oxygen atoms in total. The standard InChI is InChI=1S/C13H18N2O/c1-9-5-6-15-8-12(9)13(16)10-3-2-4-11(14)7-10/h5-6,8,10-11H,2-4,7,14H2,1H3. The van der Waals surface area contributed by atoms with Crippen LogP contribution in [-0.2, 0) is 0 Å². The van der Waals surface area contributed by atoms with Crippen LogP contribution in [0.2, 0.25) is 0 Å². The molecule has 3 heteroatoms. The van der Waals surface area contributed by atoms with Crippen LogP contribution >= 0.6 is 0 Å². The van der Waals surface area contributed by atoms with Crippen LogP contribution in [0.1, 0.15) is 41.6 Å². The minimum atomic E-state index is 0.103. The molecule has 0 aromatic carbocycles. The third-order valence-electron chi connectivity index (χ3n) is 3.39. The van der Waals surface area contributed by atoms with E-state index in [0.29, 0.717) is 0 Å². The maximum absolute atomic E-state index is 12.3. The highest BCUT2D eigenvalue weighted by Crippen LogP contribution is 2.27. The molecule has 1 fully saturated rings. The van der Waals surface area contributed by atoms with Crippen molar-refractivity contribution in [2.45, 2.75) is 38.6 Å². The third-order valence-corrected chi connectivity index (χ3v) is 3.39. The zero-order valence-electron chi connectivity index (χ0n) is 9.65. The van der Waals surface area contributed by atoms with Crippen LogP contribution in [0.4, 0.5) is 0 Å². The monoisotopic (exact) mass is 218 g/mol. The first kappa shape index (κ1) is 11.3. The number of hydrogen-bond acceptors (Lipinski definition) is 3. The lowest BCUT2D eigenvalue weighted by atomic mass is 9.81. The van der Waals surface area contributed by atoms with Gasteiger partial charge in [0.2, 0.25) is 0 Å². The van der Waals surface area contributed by atoms with E-state index in [-0.39, 0.29) is 17.7 Å². The van der Waals surface area contributed by atoms with Gasteiger partial charge >= 0.3 is 0 Å². The number of carbonyl (C=O) groups is 1. The van der Waals surface area contributed by atoms with Gasteiger partial charge in [0.25, 0.3) is 0 Å². The molecule has 0 radical (unpaired) electrons. The Kier molecular flexibility index (Phi) is 3.34. The lowest BCUT2D eigenvalue weighted by Gasteiger charge is -2.25. The minimum Gasteiger partial charge on any atom is -0.328 e. The van der Waals surface area contributed by atoms with E-state index >= 15 is 0 Å². The average Bonchev–Trinajstić information content (AvgIpc) is 2.29. The number of ketones is 1. The summed E-state index contributed by atoms with van der Waals surface area (Å²) in [5.41, 5.74) is 7.69. The fourth-order valence-corrected chi connectivity index (χ4v) is 2.41. The smallest absolute Gasteiger partial charge is 0.167 e. The molecule has 2 unspecified atom stereocenters. The maximum atomic E-state index is 12.3. The van der Waals surface area contributed by atoms with Crippen LogP contribution in [0.3, 0.4) is 0 Å². The topological polar surface area (TPSA) is 56.0 Å². The normalized spacial score (nSPS) is 25.4. The van der Waals surface area contributed by atoms with Crippen molar-refractivity contribution in [3.05, 3.63) is 29.6 Å². The van der Waals surface area contributed by atoms with Crippen LogP contribution in [-0.4, -0.2) is 16.8 Å². The number of rotatable bonds is 2. The molecule has 1 aromatic rings.